The van der Waals surface area contributed by atoms with Crippen molar-refractivity contribution in [2.24, 2.45) is 0 Å². The molecule has 0 radical (unpaired) electrons. The van der Waals surface area contributed by atoms with Crippen molar-refractivity contribution in [3.8, 4) is 0 Å². The summed E-state index contributed by atoms with van der Waals surface area (Å²) in [6.07, 6.45) is -0.985. The van der Waals surface area contributed by atoms with Crippen molar-refractivity contribution in [3.05, 3.63) is 59.9 Å². The van der Waals surface area contributed by atoms with Gasteiger partial charge in [0.15, 0.2) is 0 Å². The van der Waals surface area contributed by atoms with Gasteiger partial charge in [0.1, 0.15) is 0 Å². The van der Waals surface area contributed by atoms with E-state index in [-0.39, 0.29) is 0 Å². The minimum atomic E-state index is -4.28. The number of pyridine rings is 1. The molecule has 1 aromatic carbocycles. The Bertz CT molecular complexity index is 492. The maximum absolute atomic E-state index is 12.3. The van der Waals surface area contributed by atoms with E-state index in [1.54, 1.807) is 24.5 Å². The zero-order chi connectivity index (χ0) is 13.0. The topological polar surface area (TPSA) is 24.9 Å². The van der Waals surface area contributed by atoms with Crippen molar-refractivity contribution in [1.29, 1.82) is 0 Å². The molecule has 5 heteroatoms. The third kappa shape index (κ3) is 3.23. The molecule has 18 heavy (non-hydrogen) atoms. The highest BCUT2D eigenvalue weighted by molar-refractivity contribution is 5.41. The maximum Gasteiger partial charge on any atom is 0.416 e. The summed E-state index contributed by atoms with van der Waals surface area (Å²) in [6, 6.07) is 8.70. The molecule has 0 fully saturated rings. The highest BCUT2D eigenvalue weighted by Gasteiger charge is 2.29. The molecule has 0 aliphatic carbocycles. The van der Waals surface area contributed by atoms with E-state index in [1.165, 1.54) is 12.1 Å². The fourth-order valence-corrected chi connectivity index (χ4v) is 1.49. The molecule has 94 valence electrons. The highest BCUT2D eigenvalue weighted by Crippen LogP contribution is 2.29. The largest absolute Gasteiger partial charge is 0.416 e. The standard InChI is InChI=1S/C13H11F3N2/c14-13(15,16)11-3-1-10(2-4-11)9-18-12-5-7-17-8-6-12/h1-8H,9H2,(H,17,18). The average Bonchev–Trinajstić information content (AvgIpc) is 2.37. The summed E-state index contributed by atoms with van der Waals surface area (Å²) in [5.41, 5.74) is 1.04. The molecule has 2 nitrogen and oxygen atoms in total. The van der Waals surface area contributed by atoms with E-state index in [0.29, 0.717) is 6.54 Å². The van der Waals surface area contributed by atoms with Gasteiger partial charge in [0.25, 0.3) is 0 Å². The zero-order valence-electron chi connectivity index (χ0n) is 9.41. The second-order valence-corrected chi connectivity index (χ2v) is 3.78. The van der Waals surface area contributed by atoms with Gasteiger partial charge < -0.3 is 5.32 Å². The molecule has 0 atom stereocenters. The quantitative estimate of drug-likeness (QED) is 0.900. The summed E-state index contributed by atoms with van der Waals surface area (Å²) >= 11 is 0. The monoisotopic (exact) mass is 252 g/mol. The zero-order valence-corrected chi connectivity index (χ0v) is 9.41. The molecular weight excluding hydrogens is 241 g/mol. The first kappa shape index (κ1) is 12.4. The third-order valence-electron chi connectivity index (χ3n) is 2.46. The number of anilines is 1. The van der Waals surface area contributed by atoms with Crippen LogP contribution in [-0.4, -0.2) is 4.98 Å². The summed E-state index contributed by atoms with van der Waals surface area (Å²) in [6.45, 7) is 0.474. The van der Waals surface area contributed by atoms with Gasteiger partial charge in [-0.3, -0.25) is 4.98 Å². The van der Waals surface area contributed by atoms with E-state index in [1.807, 2.05) is 0 Å². The summed E-state index contributed by atoms with van der Waals surface area (Å²) in [5.74, 6) is 0. The Morgan fingerprint density at radius 2 is 1.56 bits per heavy atom. The Hall–Kier alpha value is -2.04. The Morgan fingerprint density at radius 1 is 0.944 bits per heavy atom. The molecule has 0 amide bonds. The predicted octanol–water partition coefficient (Wildman–Crippen LogP) is 3.71. The molecule has 0 bridgehead atoms. The van der Waals surface area contributed by atoms with Crippen molar-refractivity contribution >= 4 is 5.69 Å². The van der Waals surface area contributed by atoms with Crippen LogP contribution in [-0.2, 0) is 12.7 Å². The lowest BCUT2D eigenvalue weighted by Gasteiger charge is -2.09. The van der Waals surface area contributed by atoms with Crippen LogP contribution in [0.1, 0.15) is 11.1 Å². The van der Waals surface area contributed by atoms with Crippen LogP contribution in [0.3, 0.4) is 0 Å². The van der Waals surface area contributed by atoms with Crippen LogP contribution in [0.15, 0.2) is 48.8 Å². The van der Waals surface area contributed by atoms with E-state index in [4.69, 9.17) is 0 Å². The van der Waals surface area contributed by atoms with Gasteiger partial charge in [-0.25, -0.2) is 0 Å². The SMILES string of the molecule is FC(F)(F)c1ccc(CNc2ccncc2)cc1. The smallest absolute Gasteiger partial charge is 0.381 e. The number of nitrogens with one attached hydrogen (secondary N) is 1. The number of benzene rings is 1. The molecule has 0 spiro atoms. The second-order valence-electron chi connectivity index (χ2n) is 3.78. The van der Waals surface area contributed by atoms with Crippen molar-refractivity contribution in [2.75, 3.05) is 5.32 Å². The van der Waals surface area contributed by atoms with E-state index >= 15 is 0 Å². The van der Waals surface area contributed by atoms with Crippen molar-refractivity contribution in [3.63, 3.8) is 0 Å². The van der Waals surface area contributed by atoms with Crippen LogP contribution in [0.2, 0.25) is 0 Å². The number of nitrogens with zero attached hydrogens (tertiary/aromatic N) is 1. The highest BCUT2D eigenvalue weighted by atomic mass is 19.4. The summed E-state index contributed by atoms with van der Waals surface area (Å²) in [7, 11) is 0. The lowest BCUT2D eigenvalue weighted by Crippen LogP contribution is -2.05. The summed E-state index contributed by atoms with van der Waals surface area (Å²) < 4.78 is 37.0. The first-order chi connectivity index (χ1) is 8.55. The van der Waals surface area contributed by atoms with Gasteiger partial charge in [0.2, 0.25) is 0 Å². The molecule has 1 aromatic heterocycles. The van der Waals surface area contributed by atoms with E-state index in [2.05, 4.69) is 10.3 Å². The van der Waals surface area contributed by atoms with Crippen molar-refractivity contribution < 1.29 is 13.2 Å². The van der Waals surface area contributed by atoms with Crippen LogP contribution >= 0.6 is 0 Å². The van der Waals surface area contributed by atoms with Crippen LogP contribution in [0, 0.1) is 0 Å². The molecule has 1 N–H and O–H groups in total. The molecule has 0 unspecified atom stereocenters. The van der Waals surface area contributed by atoms with Crippen LogP contribution in [0.4, 0.5) is 18.9 Å². The lowest BCUT2D eigenvalue weighted by molar-refractivity contribution is -0.137. The predicted molar refractivity (Wildman–Crippen MR) is 63.0 cm³/mol. The van der Waals surface area contributed by atoms with Gasteiger partial charge in [-0.1, -0.05) is 12.1 Å². The molecule has 0 saturated heterocycles. The molecule has 2 rings (SSSR count). The Kier molecular flexibility index (Phi) is 3.50. The number of hydrogen-bond acceptors (Lipinski definition) is 2. The van der Waals surface area contributed by atoms with Gasteiger partial charge in [-0.15, -0.1) is 0 Å². The fourth-order valence-electron chi connectivity index (χ4n) is 1.49. The molecular formula is C13H11F3N2. The second kappa shape index (κ2) is 5.08. The Labute approximate surface area is 102 Å². The molecule has 0 aliphatic rings. The Balaban J connectivity index is 1.99. The lowest BCUT2D eigenvalue weighted by atomic mass is 10.1. The maximum atomic E-state index is 12.3. The number of halogens is 3. The fraction of sp³-hybridized carbons (Fsp3) is 0.154. The van der Waals surface area contributed by atoms with Crippen LogP contribution in [0.5, 0.6) is 0 Å². The first-order valence-electron chi connectivity index (χ1n) is 5.36. The molecule has 2 aromatic rings. The van der Waals surface area contributed by atoms with Gasteiger partial charge in [-0.2, -0.15) is 13.2 Å². The van der Waals surface area contributed by atoms with Gasteiger partial charge >= 0.3 is 6.18 Å². The van der Waals surface area contributed by atoms with Gasteiger partial charge in [0, 0.05) is 24.6 Å². The molecule has 1 heterocycles. The van der Waals surface area contributed by atoms with Gasteiger partial charge in [0.05, 0.1) is 5.56 Å². The Morgan fingerprint density at radius 3 is 2.11 bits per heavy atom. The number of rotatable bonds is 3. The molecule has 0 aliphatic heterocycles. The minimum Gasteiger partial charge on any atom is -0.381 e. The minimum absolute atomic E-state index is 0.474. The van der Waals surface area contributed by atoms with E-state index in [0.717, 1.165) is 23.4 Å². The number of hydrogen-bond donors (Lipinski definition) is 1. The van der Waals surface area contributed by atoms with Gasteiger partial charge in [-0.05, 0) is 29.8 Å². The van der Waals surface area contributed by atoms with Crippen LogP contribution < -0.4 is 5.32 Å². The normalized spacial score (nSPS) is 11.3. The third-order valence-corrected chi connectivity index (χ3v) is 2.46. The molecule has 0 saturated carbocycles. The summed E-state index contributed by atoms with van der Waals surface area (Å²) in [5, 5.41) is 3.10. The van der Waals surface area contributed by atoms with Crippen molar-refractivity contribution in [1.82, 2.24) is 4.98 Å². The number of aromatic nitrogens is 1. The van der Waals surface area contributed by atoms with E-state index < -0.39 is 11.7 Å². The van der Waals surface area contributed by atoms with Crippen molar-refractivity contribution in [2.45, 2.75) is 12.7 Å². The summed E-state index contributed by atoms with van der Waals surface area (Å²) in [4.78, 5) is 3.87. The average molecular weight is 252 g/mol. The first-order valence-corrected chi connectivity index (χ1v) is 5.36. The number of alkyl halides is 3. The van der Waals surface area contributed by atoms with E-state index in [9.17, 15) is 13.2 Å². The van der Waals surface area contributed by atoms with Crippen LogP contribution in [0.25, 0.3) is 0 Å².